The number of rotatable bonds is 9. The van der Waals surface area contributed by atoms with Gasteiger partial charge in [-0.1, -0.05) is 30.0 Å². The molecule has 0 aliphatic carbocycles. The smallest absolute Gasteiger partial charge is 0.270 e. The summed E-state index contributed by atoms with van der Waals surface area (Å²) in [5.41, 5.74) is 2.32. The molecule has 11 nitrogen and oxygen atoms in total. The predicted octanol–water partition coefficient (Wildman–Crippen LogP) is 2.50. The highest BCUT2D eigenvalue weighted by molar-refractivity contribution is 8.14. The molecule has 0 spiro atoms. The molecule has 4 heterocycles. The summed E-state index contributed by atoms with van der Waals surface area (Å²) in [4.78, 5) is 49.2. The van der Waals surface area contributed by atoms with Gasteiger partial charge in [0.25, 0.3) is 5.91 Å². The van der Waals surface area contributed by atoms with Crippen molar-refractivity contribution in [3.8, 4) is 11.5 Å². The van der Waals surface area contributed by atoms with Crippen LogP contribution in [0.3, 0.4) is 0 Å². The highest BCUT2D eigenvalue weighted by atomic mass is 32.2. The molecular weight excluding hydrogens is 534 g/mol. The van der Waals surface area contributed by atoms with Gasteiger partial charge in [0.15, 0.2) is 16.7 Å². The number of hydrogen-bond donors (Lipinski definition) is 2. The van der Waals surface area contributed by atoms with Crippen LogP contribution in [0.2, 0.25) is 0 Å². The molecule has 4 aliphatic heterocycles. The number of carbonyl (C=O) groups is 3. The summed E-state index contributed by atoms with van der Waals surface area (Å²) in [6, 6.07) is 12.3. The van der Waals surface area contributed by atoms with Crippen LogP contribution in [-0.4, -0.2) is 71.5 Å². The van der Waals surface area contributed by atoms with Crippen molar-refractivity contribution in [3.05, 3.63) is 53.6 Å². The number of ether oxygens (including phenoxy) is 3. The molecule has 2 atom stereocenters. The Bertz CT molecular complexity index is 1390. The number of para-hydroxylation sites is 1. The Hall–Kier alpha value is -3.90. The summed E-state index contributed by atoms with van der Waals surface area (Å²) in [7, 11) is 0. The molecule has 2 N–H and O–H groups in total. The largest absolute Gasteiger partial charge is 0.454 e. The van der Waals surface area contributed by atoms with Crippen molar-refractivity contribution in [1.29, 1.82) is 0 Å². The van der Waals surface area contributed by atoms with Crippen LogP contribution in [0, 0.1) is 0 Å². The molecule has 2 aromatic carbocycles. The number of benzene rings is 2. The number of fused-ring (bicyclic) bond motifs is 4. The van der Waals surface area contributed by atoms with Crippen LogP contribution < -0.4 is 20.1 Å². The Morgan fingerprint density at radius 2 is 1.93 bits per heavy atom. The third-order valence-electron chi connectivity index (χ3n) is 7.06. The number of aliphatic imine (C=N–C) groups is 2. The van der Waals surface area contributed by atoms with Crippen molar-refractivity contribution in [1.82, 2.24) is 15.5 Å². The van der Waals surface area contributed by atoms with Gasteiger partial charge in [-0.2, -0.15) is 4.99 Å². The molecule has 0 saturated carbocycles. The van der Waals surface area contributed by atoms with E-state index < -0.39 is 6.04 Å². The van der Waals surface area contributed by atoms with Crippen molar-refractivity contribution >= 4 is 46.2 Å². The molecule has 3 amide bonds. The van der Waals surface area contributed by atoms with Gasteiger partial charge in [0.1, 0.15) is 11.9 Å². The zero-order chi connectivity index (χ0) is 27.5. The average Bonchev–Trinajstić information content (AvgIpc) is 3.72. The van der Waals surface area contributed by atoms with E-state index in [2.05, 4.69) is 15.6 Å². The van der Waals surface area contributed by atoms with E-state index in [9.17, 15) is 14.4 Å². The molecular formula is C28H29N5O6S. The number of thioether (sulfide) groups is 1. The Kier molecular flexibility index (Phi) is 7.69. The Labute approximate surface area is 235 Å². The first kappa shape index (κ1) is 26.3. The van der Waals surface area contributed by atoms with Crippen LogP contribution in [0.25, 0.3) is 0 Å². The first-order chi connectivity index (χ1) is 19.5. The summed E-state index contributed by atoms with van der Waals surface area (Å²) in [5, 5.41) is 6.34. The van der Waals surface area contributed by atoms with E-state index in [1.54, 1.807) is 4.90 Å². The molecule has 208 valence electrons. The van der Waals surface area contributed by atoms with E-state index in [1.165, 1.54) is 11.8 Å². The van der Waals surface area contributed by atoms with Crippen LogP contribution in [0.1, 0.15) is 36.8 Å². The summed E-state index contributed by atoms with van der Waals surface area (Å²) in [6.45, 7) is 1.73. The van der Waals surface area contributed by atoms with Crippen molar-refractivity contribution in [2.24, 2.45) is 9.98 Å². The lowest BCUT2D eigenvalue weighted by molar-refractivity contribution is -0.122. The number of hydrogen-bond acceptors (Lipinski definition) is 9. The molecule has 0 aromatic heterocycles. The second-order valence-corrected chi connectivity index (χ2v) is 10.7. The van der Waals surface area contributed by atoms with Crippen molar-refractivity contribution in [2.45, 2.75) is 44.4 Å². The molecule has 1 fully saturated rings. The Morgan fingerprint density at radius 3 is 2.80 bits per heavy atom. The van der Waals surface area contributed by atoms with Crippen molar-refractivity contribution in [2.75, 3.05) is 25.7 Å². The summed E-state index contributed by atoms with van der Waals surface area (Å²) in [5.74, 6) is 1.33. The topological polar surface area (TPSA) is 131 Å². The molecule has 12 heteroatoms. The summed E-state index contributed by atoms with van der Waals surface area (Å²) >= 11 is 1.25. The number of nitrogens with one attached hydrogen (secondary N) is 2. The van der Waals surface area contributed by atoms with Gasteiger partial charge >= 0.3 is 0 Å². The molecule has 4 aliphatic rings. The van der Waals surface area contributed by atoms with Gasteiger partial charge in [0.05, 0.1) is 17.5 Å². The van der Waals surface area contributed by atoms with E-state index in [0.29, 0.717) is 41.3 Å². The minimum absolute atomic E-state index is 0.0587. The summed E-state index contributed by atoms with van der Waals surface area (Å²) in [6.07, 6.45) is 2.39. The number of nitrogens with zero attached hydrogens (tertiary/aromatic N) is 3. The Balaban J connectivity index is 1.08. The molecule has 0 radical (unpaired) electrons. The van der Waals surface area contributed by atoms with Crippen LogP contribution >= 0.6 is 11.8 Å². The van der Waals surface area contributed by atoms with Crippen molar-refractivity contribution in [3.63, 3.8) is 0 Å². The summed E-state index contributed by atoms with van der Waals surface area (Å²) < 4.78 is 16.3. The fourth-order valence-electron chi connectivity index (χ4n) is 5.00. The maximum absolute atomic E-state index is 13.0. The van der Waals surface area contributed by atoms with E-state index in [1.807, 2.05) is 42.5 Å². The molecule has 2 aromatic rings. The molecule has 2 unspecified atom stereocenters. The fraction of sp³-hybridized carbons (Fsp3) is 0.393. The lowest BCUT2D eigenvalue weighted by Gasteiger charge is -2.31. The minimum Gasteiger partial charge on any atom is -0.454 e. The predicted molar refractivity (Wildman–Crippen MR) is 149 cm³/mol. The second kappa shape index (κ2) is 11.7. The first-order valence-corrected chi connectivity index (χ1v) is 14.3. The van der Waals surface area contributed by atoms with Gasteiger partial charge in [0.2, 0.25) is 18.6 Å². The van der Waals surface area contributed by atoms with E-state index in [0.717, 1.165) is 30.6 Å². The highest BCUT2D eigenvalue weighted by Crippen LogP contribution is 2.35. The van der Waals surface area contributed by atoms with Gasteiger partial charge in [-0.3, -0.25) is 19.3 Å². The molecule has 6 rings (SSSR count). The zero-order valence-corrected chi connectivity index (χ0v) is 22.6. The highest BCUT2D eigenvalue weighted by Gasteiger charge is 2.41. The fourth-order valence-corrected chi connectivity index (χ4v) is 5.88. The quantitative estimate of drug-likeness (QED) is 0.476. The maximum Gasteiger partial charge on any atom is 0.270 e. The Morgan fingerprint density at radius 1 is 1.05 bits per heavy atom. The monoisotopic (exact) mass is 563 g/mol. The zero-order valence-electron chi connectivity index (χ0n) is 21.8. The average molecular weight is 564 g/mol. The standard InChI is InChI=1S/C28H29N5O6S/c34-24(29-13-17-7-9-22-23(12-17)39-16-38-22)10-8-21-27(36)32-26-19-5-1-2-6-20(19)31-28(33(21)26)40-15-25(35)30-14-18-4-3-11-37-18/h1-2,5-7,9,12,18,21H,3-4,8,10-11,13-16H2,(H,29,34)(H,30,35). The van der Waals surface area contributed by atoms with E-state index in [4.69, 9.17) is 19.2 Å². The molecule has 1 saturated heterocycles. The van der Waals surface area contributed by atoms with Gasteiger partial charge in [-0.15, -0.1) is 0 Å². The van der Waals surface area contributed by atoms with Gasteiger partial charge in [0, 0.05) is 31.7 Å². The lowest BCUT2D eigenvalue weighted by Crippen LogP contribution is -2.44. The van der Waals surface area contributed by atoms with Crippen LogP contribution in [0.4, 0.5) is 5.69 Å². The first-order valence-electron chi connectivity index (χ1n) is 13.3. The number of amidine groups is 2. The van der Waals surface area contributed by atoms with Crippen LogP contribution in [0.5, 0.6) is 11.5 Å². The van der Waals surface area contributed by atoms with E-state index >= 15 is 0 Å². The van der Waals surface area contributed by atoms with Crippen molar-refractivity contribution < 1.29 is 28.6 Å². The molecule has 40 heavy (non-hydrogen) atoms. The van der Waals surface area contributed by atoms with E-state index in [-0.39, 0.29) is 49.2 Å². The van der Waals surface area contributed by atoms with Gasteiger partial charge in [-0.25, -0.2) is 4.99 Å². The van der Waals surface area contributed by atoms with Crippen LogP contribution in [0.15, 0.2) is 52.4 Å². The third-order valence-corrected chi connectivity index (χ3v) is 8.02. The second-order valence-electron chi connectivity index (χ2n) is 9.80. The van der Waals surface area contributed by atoms with Gasteiger partial charge in [-0.05, 0) is 49.1 Å². The van der Waals surface area contributed by atoms with Crippen LogP contribution in [-0.2, 0) is 25.7 Å². The SMILES string of the molecule is O=C(CCC1C(=O)N=C2c3ccccc3N=C(SCC(=O)NCC3CCCO3)N21)NCc1ccc2c(c1)OCO2. The number of amides is 3. The normalized spacial score (nSPS) is 20.5. The third kappa shape index (κ3) is 5.68. The maximum atomic E-state index is 13.0. The number of carbonyl (C=O) groups excluding carboxylic acids is 3. The van der Waals surface area contributed by atoms with Gasteiger partial charge < -0.3 is 24.8 Å². The molecule has 0 bridgehead atoms. The lowest BCUT2D eigenvalue weighted by atomic mass is 10.1. The minimum atomic E-state index is -0.680.